The molecule has 1 amide bonds. The van der Waals surface area contributed by atoms with Crippen molar-refractivity contribution in [1.82, 2.24) is 4.57 Å². The standard InChI is InChI=1S/C18H15ClN2OS/c1-4-7-21-11(3)14(18(20)22)9-15(21)17-10(2)13-8-12(19)5-6-16(13)23-17/h1,5-6,8-9H,7H2,2-3H3,(H2,20,22). The molecule has 0 aliphatic heterocycles. The Hall–Kier alpha value is -2.22. The van der Waals surface area contributed by atoms with Gasteiger partial charge in [-0.1, -0.05) is 17.5 Å². The Bertz CT molecular complexity index is 975. The number of thiophene rings is 1. The van der Waals surface area contributed by atoms with Crippen LogP contribution in [0.3, 0.4) is 0 Å². The van der Waals surface area contributed by atoms with Crippen molar-refractivity contribution in [2.75, 3.05) is 0 Å². The molecule has 23 heavy (non-hydrogen) atoms. The average molecular weight is 343 g/mol. The molecule has 0 fully saturated rings. The second-order valence-corrected chi connectivity index (χ2v) is 6.87. The Morgan fingerprint density at radius 1 is 1.39 bits per heavy atom. The Labute approximate surface area is 143 Å². The number of benzene rings is 1. The van der Waals surface area contributed by atoms with Gasteiger partial charge in [0.1, 0.15) is 0 Å². The van der Waals surface area contributed by atoms with Gasteiger partial charge in [0.2, 0.25) is 0 Å². The van der Waals surface area contributed by atoms with Crippen LogP contribution in [0.25, 0.3) is 20.7 Å². The number of terminal acetylenes is 1. The van der Waals surface area contributed by atoms with Gasteiger partial charge >= 0.3 is 0 Å². The summed E-state index contributed by atoms with van der Waals surface area (Å²) in [6, 6.07) is 7.68. The fraction of sp³-hybridized carbons (Fsp3) is 0.167. The highest BCUT2D eigenvalue weighted by molar-refractivity contribution is 7.22. The molecule has 3 nitrogen and oxygen atoms in total. The summed E-state index contributed by atoms with van der Waals surface area (Å²) in [6.07, 6.45) is 5.49. The molecule has 3 rings (SSSR count). The van der Waals surface area contributed by atoms with Gasteiger partial charge in [0, 0.05) is 15.4 Å². The minimum Gasteiger partial charge on any atom is -0.366 e. The number of rotatable bonds is 3. The molecule has 0 saturated carbocycles. The predicted molar refractivity (Wildman–Crippen MR) is 97.1 cm³/mol. The minimum atomic E-state index is -0.443. The Morgan fingerprint density at radius 3 is 2.78 bits per heavy atom. The molecule has 0 radical (unpaired) electrons. The van der Waals surface area contributed by atoms with Crippen molar-refractivity contribution in [2.24, 2.45) is 5.73 Å². The van der Waals surface area contributed by atoms with E-state index in [9.17, 15) is 4.79 Å². The van der Waals surface area contributed by atoms with E-state index < -0.39 is 5.91 Å². The first-order chi connectivity index (χ1) is 10.9. The van der Waals surface area contributed by atoms with Crippen LogP contribution in [0, 0.1) is 26.2 Å². The molecule has 2 N–H and O–H groups in total. The number of primary amides is 1. The zero-order chi connectivity index (χ0) is 16.7. The van der Waals surface area contributed by atoms with Crippen LogP contribution in [-0.4, -0.2) is 10.5 Å². The Morgan fingerprint density at radius 2 is 2.13 bits per heavy atom. The summed E-state index contributed by atoms with van der Waals surface area (Å²) >= 11 is 7.77. The molecule has 2 heterocycles. The molecule has 0 aliphatic rings. The SMILES string of the molecule is C#CCn1c(-c2sc3ccc(Cl)cc3c2C)cc(C(N)=O)c1C. The lowest BCUT2D eigenvalue weighted by molar-refractivity contribution is 0.0999. The summed E-state index contributed by atoms with van der Waals surface area (Å²) in [5.74, 6) is 2.20. The third-order valence-electron chi connectivity index (χ3n) is 4.01. The molecule has 0 saturated heterocycles. The van der Waals surface area contributed by atoms with E-state index in [1.807, 2.05) is 35.8 Å². The van der Waals surface area contributed by atoms with Gasteiger partial charge in [-0.2, -0.15) is 0 Å². The van der Waals surface area contributed by atoms with E-state index in [-0.39, 0.29) is 0 Å². The van der Waals surface area contributed by atoms with E-state index in [4.69, 9.17) is 23.8 Å². The highest BCUT2D eigenvalue weighted by Crippen LogP contribution is 2.40. The van der Waals surface area contributed by atoms with Gasteiger partial charge in [-0.25, -0.2) is 0 Å². The van der Waals surface area contributed by atoms with Crippen LogP contribution >= 0.6 is 22.9 Å². The maximum Gasteiger partial charge on any atom is 0.250 e. The predicted octanol–water partition coefficient (Wildman–Crippen LogP) is 4.37. The van der Waals surface area contributed by atoms with Crippen LogP contribution in [0.2, 0.25) is 5.02 Å². The van der Waals surface area contributed by atoms with E-state index in [1.165, 1.54) is 0 Å². The lowest BCUT2D eigenvalue weighted by Crippen LogP contribution is -2.12. The average Bonchev–Trinajstić information content (AvgIpc) is 2.99. The van der Waals surface area contributed by atoms with Gasteiger partial charge in [-0.15, -0.1) is 17.8 Å². The molecule has 0 spiro atoms. The fourth-order valence-corrected chi connectivity index (χ4v) is 4.20. The van der Waals surface area contributed by atoms with Gasteiger partial charge in [0.25, 0.3) is 5.91 Å². The van der Waals surface area contributed by atoms with Crippen LogP contribution in [-0.2, 0) is 6.54 Å². The van der Waals surface area contributed by atoms with Gasteiger partial charge in [-0.05, 0) is 49.1 Å². The number of carbonyl (C=O) groups excluding carboxylic acids is 1. The number of hydrogen-bond acceptors (Lipinski definition) is 2. The summed E-state index contributed by atoms with van der Waals surface area (Å²) < 4.78 is 3.10. The smallest absolute Gasteiger partial charge is 0.250 e. The van der Waals surface area contributed by atoms with Crippen molar-refractivity contribution in [3.05, 3.63) is 46.1 Å². The minimum absolute atomic E-state index is 0.392. The van der Waals surface area contributed by atoms with E-state index in [0.29, 0.717) is 17.1 Å². The van der Waals surface area contributed by atoms with Crippen LogP contribution in [0.4, 0.5) is 0 Å². The molecule has 0 atom stereocenters. The number of hydrogen-bond donors (Lipinski definition) is 1. The molecule has 3 aromatic rings. The summed E-state index contributed by atoms with van der Waals surface area (Å²) in [5.41, 5.74) is 8.83. The van der Waals surface area contributed by atoms with E-state index in [2.05, 4.69) is 12.8 Å². The monoisotopic (exact) mass is 342 g/mol. The third-order valence-corrected chi connectivity index (χ3v) is 5.54. The van der Waals surface area contributed by atoms with Gasteiger partial charge in [0.05, 0.1) is 22.7 Å². The van der Waals surface area contributed by atoms with E-state index in [0.717, 1.165) is 31.9 Å². The lowest BCUT2D eigenvalue weighted by Gasteiger charge is -2.07. The van der Waals surface area contributed by atoms with Crippen molar-refractivity contribution in [3.63, 3.8) is 0 Å². The number of aromatic nitrogens is 1. The topological polar surface area (TPSA) is 48.0 Å². The number of amides is 1. The molecule has 1 aromatic carbocycles. The van der Waals surface area contributed by atoms with Crippen molar-refractivity contribution in [2.45, 2.75) is 20.4 Å². The van der Waals surface area contributed by atoms with E-state index >= 15 is 0 Å². The quantitative estimate of drug-likeness (QED) is 0.706. The number of nitrogens with two attached hydrogens (primary N) is 1. The van der Waals surface area contributed by atoms with Crippen LogP contribution in [0.1, 0.15) is 21.6 Å². The molecule has 2 aromatic heterocycles. The summed E-state index contributed by atoms with van der Waals surface area (Å²) in [6.45, 7) is 4.31. The summed E-state index contributed by atoms with van der Waals surface area (Å²) in [7, 11) is 0. The zero-order valence-corrected chi connectivity index (χ0v) is 14.4. The maximum absolute atomic E-state index is 11.7. The molecule has 0 unspecified atom stereocenters. The highest BCUT2D eigenvalue weighted by Gasteiger charge is 2.20. The van der Waals surface area contributed by atoms with Gasteiger partial charge in [-0.3, -0.25) is 4.79 Å². The van der Waals surface area contributed by atoms with Gasteiger partial charge in [0.15, 0.2) is 0 Å². The molecule has 0 bridgehead atoms. The number of fused-ring (bicyclic) bond motifs is 1. The highest BCUT2D eigenvalue weighted by atomic mass is 35.5. The van der Waals surface area contributed by atoms with Crippen LogP contribution < -0.4 is 5.73 Å². The fourth-order valence-electron chi connectivity index (χ4n) is 2.82. The largest absolute Gasteiger partial charge is 0.366 e. The third kappa shape index (κ3) is 2.52. The normalized spacial score (nSPS) is 10.9. The molecule has 0 aliphatic carbocycles. The second kappa shape index (κ2) is 5.77. The van der Waals surface area contributed by atoms with Crippen molar-refractivity contribution < 1.29 is 4.79 Å². The van der Waals surface area contributed by atoms with Crippen molar-refractivity contribution in [1.29, 1.82) is 0 Å². The first kappa shape index (κ1) is 15.7. The van der Waals surface area contributed by atoms with Crippen molar-refractivity contribution >= 4 is 38.9 Å². The Kier molecular flexibility index (Phi) is 3.93. The lowest BCUT2D eigenvalue weighted by atomic mass is 10.1. The van der Waals surface area contributed by atoms with Crippen LogP contribution in [0.15, 0.2) is 24.3 Å². The zero-order valence-electron chi connectivity index (χ0n) is 12.8. The molecule has 5 heteroatoms. The van der Waals surface area contributed by atoms with Gasteiger partial charge < -0.3 is 10.3 Å². The first-order valence-electron chi connectivity index (χ1n) is 7.06. The number of halogens is 1. The second-order valence-electron chi connectivity index (χ2n) is 5.38. The molecule has 116 valence electrons. The number of carbonyl (C=O) groups is 1. The van der Waals surface area contributed by atoms with E-state index in [1.54, 1.807) is 11.3 Å². The van der Waals surface area contributed by atoms with Crippen molar-refractivity contribution in [3.8, 4) is 22.9 Å². The van der Waals surface area contributed by atoms with Crippen LogP contribution in [0.5, 0.6) is 0 Å². The summed E-state index contributed by atoms with van der Waals surface area (Å²) in [5, 5.41) is 1.82. The number of aryl methyl sites for hydroxylation is 1. The molecular formula is C18H15ClN2OS. The molecular weight excluding hydrogens is 328 g/mol. The Balaban J connectivity index is 2.30. The number of nitrogens with zero attached hydrogens (tertiary/aromatic N) is 1. The first-order valence-corrected chi connectivity index (χ1v) is 8.26. The summed E-state index contributed by atoms with van der Waals surface area (Å²) in [4.78, 5) is 12.7. The maximum atomic E-state index is 11.7.